The van der Waals surface area contributed by atoms with Crippen molar-refractivity contribution in [2.24, 2.45) is 11.8 Å². The molecule has 2 aliphatic heterocycles. The van der Waals surface area contributed by atoms with Crippen molar-refractivity contribution in [2.45, 2.75) is 18.6 Å². The van der Waals surface area contributed by atoms with E-state index in [1.54, 1.807) is 48.5 Å². The van der Waals surface area contributed by atoms with Crippen molar-refractivity contribution in [3.8, 4) is 0 Å². The van der Waals surface area contributed by atoms with Gasteiger partial charge in [0.25, 0.3) is 0 Å². The molecular formula is C27H17Cl2NO5. The molecule has 0 N–H and O–H groups in total. The van der Waals surface area contributed by atoms with Gasteiger partial charge in [0.1, 0.15) is 0 Å². The van der Waals surface area contributed by atoms with E-state index in [2.05, 4.69) is 0 Å². The number of hydrogen-bond donors (Lipinski definition) is 0. The summed E-state index contributed by atoms with van der Waals surface area (Å²) in [5.74, 6) is -4.88. The van der Waals surface area contributed by atoms with Crippen LogP contribution in [0.3, 0.4) is 0 Å². The number of carbonyl (C=O) groups is 4. The van der Waals surface area contributed by atoms with Crippen LogP contribution in [0.4, 0.5) is 5.69 Å². The Morgan fingerprint density at radius 3 is 2.06 bits per heavy atom. The monoisotopic (exact) mass is 505 g/mol. The molecule has 2 fully saturated rings. The standard InChI is InChI=1S/C27H17Cl2NO5/c1-13-6-9-15(10-7-13)30-25(33)20-21(26(30)34)27(23(31)16-4-2-3-5-17(16)24(27)32)35-22(20)18-11-8-14(28)12-19(18)29/h2-12,20-22H,1H3/t20-,21+,22-/m1/s1. The first-order valence-electron chi connectivity index (χ1n) is 11.0. The molecule has 8 heteroatoms. The van der Waals surface area contributed by atoms with Crippen molar-refractivity contribution in [2.75, 3.05) is 4.90 Å². The molecule has 3 aromatic rings. The lowest BCUT2D eigenvalue weighted by Gasteiger charge is -2.27. The molecule has 0 saturated carbocycles. The molecule has 2 saturated heterocycles. The molecular weight excluding hydrogens is 489 g/mol. The molecule has 0 radical (unpaired) electrons. The van der Waals surface area contributed by atoms with Gasteiger partial charge in [0.05, 0.1) is 23.6 Å². The molecule has 6 nitrogen and oxygen atoms in total. The first kappa shape index (κ1) is 22.2. The topological polar surface area (TPSA) is 80.8 Å². The Labute approximate surface area is 210 Å². The Bertz CT molecular complexity index is 1430. The van der Waals surface area contributed by atoms with Crippen LogP contribution in [-0.2, 0) is 14.3 Å². The van der Waals surface area contributed by atoms with E-state index in [0.717, 1.165) is 10.5 Å². The van der Waals surface area contributed by atoms with E-state index >= 15 is 0 Å². The molecule has 0 bridgehead atoms. The maximum Gasteiger partial charge on any atom is 0.241 e. The summed E-state index contributed by atoms with van der Waals surface area (Å²) in [6.45, 7) is 1.89. The van der Waals surface area contributed by atoms with Crippen molar-refractivity contribution in [1.82, 2.24) is 0 Å². The summed E-state index contributed by atoms with van der Waals surface area (Å²) in [4.78, 5) is 56.2. The van der Waals surface area contributed by atoms with Crippen LogP contribution in [0.25, 0.3) is 0 Å². The maximum absolute atomic E-state index is 13.9. The highest BCUT2D eigenvalue weighted by molar-refractivity contribution is 6.37. The molecule has 2 amide bonds. The van der Waals surface area contributed by atoms with Crippen LogP contribution < -0.4 is 4.90 Å². The number of benzene rings is 3. The second-order valence-electron chi connectivity index (χ2n) is 8.99. The lowest BCUT2D eigenvalue weighted by Crippen LogP contribution is -2.51. The average Bonchev–Trinajstić information content (AvgIpc) is 3.40. The number of amides is 2. The zero-order chi connectivity index (χ0) is 24.6. The van der Waals surface area contributed by atoms with E-state index < -0.39 is 46.9 Å². The molecule has 1 aliphatic carbocycles. The van der Waals surface area contributed by atoms with E-state index in [-0.39, 0.29) is 16.1 Å². The lowest BCUT2D eigenvalue weighted by atomic mass is 9.77. The minimum atomic E-state index is -2.14. The van der Waals surface area contributed by atoms with E-state index in [4.69, 9.17) is 27.9 Å². The Morgan fingerprint density at radius 1 is 0.829 bits per heavy atom. The van der Waals surface area contributed by atoms with Gasteiger partial charge in [0, 0.05) is 26.7 Å². The van der Waals surface area contributed by atoms with Gasteiger partial charge in [-0.1, -0.05) is 71.2 Å². The van der Waals surface area contributed by atoms with Crippen LogP contribution in [0.15, 0.2) is 66.7 Å². The Hall–Kier alpha value is -3.32. The molecule has 0 aromatic heterocycles. The van der Waals surface area contributed by atoms with Crippen LogP contribution in [0, 0.1) is 18.8 Å². The van der Waals surface area contributed by atoms with Crippen LogP contribution in [0.5, 0.6) is 0 Å². The SMILES string of the molecule is Cc1ccc(N2C(=O)[C@H]3[C@@H](c4ccc(Cl)cc4Cl)OC4(C(=O)c5ccccc5C4=O)[C@@H]3C2=O)cc1. The summed E-state index contributed by atoms with van der Waals surface area (Å²) < 4.78 is 6.24. The van der Waals surface area contributed by atoms with Crippen molar-refractivity contribution in [3.63, 3.8) is 0 Å². The van der Waals surface area contributed by atoms with Gasteiger partial charge in [-0.2, -0.15) is 0 Å². The van der Waals surface area contributed by atoms with Crippen molar-refractivity contribution < 1.29 is 23.9 Å². The zero-order valence-electron chi connectivity index (χ0n) is 18.3. The van der Waals surface area contributed by atoms with Crippen molar-refractivity contribution >= 4 is 52.3 Å². The number of carbonyl (C=O) groups excluding carboxylic acids is 4. The number of fused-ring (bicyclic) bond motifs is 3. The fourth-order valence-corrected chi connectivity index (χ4v) is 6.00. The third kappa shape index (κ3) is 2.88. The summed E-state index contributed by atoms with van der Waals surface area (Å²) in [5.41, 5.74) is -0.0942. The third-order valence-corrected chi connectivity index (χ3v) is 7.64. The summed E-state index contributed by atoms with van der Waals surface area (Å²) in [6, 6.07) is 17.9. The highest BCUT2D eigenvalue weighted by Crippen LogP contribution is 2.58. The summed E-state index contributed by atoms with van der Waals surface area (Å²) >= 11 is 12.5. The van der Waals surface area contributed by atoms with Gasteiger partial charge in [0.15, 0.2) is 0 Å². The molecule has 3 aliphatic rings. The number of Topliss-reactive ketones (excluding diaryl/α,β-unsaturated/α-hetero) is 2. The van der Waals surface area contributed by atoms with Gasteiger partial charge < -0.3 is 4.74 Å². The summed E-state index contributed by atoms with van der Waals surface area (Å²) in [5, 5.41) is 0.585. The van der Waals surface area contributed by atoms with Crippen LogP contribution in [0.1, 0.15) is 37.9 Å². The van der Waals surface area contributed by atoms with E-state index in [1.807, 2.05) is 6.92 Å². The molecule has 2 heterocycles. The smallest absolute Gasteiger partial charge is 0.241 e. The van der Waals surface area contributed by atoms with Crippen LogP contribution >= 0.6 is 23.2 Å². The molecule has 174 valence electrons. The van der Waals surface area contributed by atoms with Crippen molar-refractivity contribution in [3.05, 3.63) is 99.0 Å². The van der Waals surface area contributed by atoms with E-state index in [0.29, 0.717) is 16.3 Å². The van der Waals surface area contributed by atoms with Gasteiger partial charge >= 0.3 is 0 Å². The number of imide groups is 1. The fraction of sp³-hybridized carbons (Fsp3) is 0.185. The number of ketones is 2. The number of aryl methyl sites for hydroxylation is 1. The second kappa shape index (κ2) is 7.59. The number of halogens is 2. The Morgan fingerprint density at radius 2 is 1.46 bits per heavy atom. The van der Waals surface area contributed by atoms with Crippen molar-refractivity contribution in [1.29, 1.82) is 0 Å². The second-order valence-corrected chi connectivity index (χ2v) is 9.84. The first-order chi connectivity index (χ1) is 16.8. The Kier molecular flexibility index (Phi) is 4.81. The van der Waals surface area contributed by atoms with Gasteiger partial charge in [-0.05, 0) is 31.2 Å². The Balaban J connectivity index is 1.56. The zero-order valence-corrected chi connectivity index (χ0v) is 19.8. The highest BCUT2D eigenvalue weighted by Gasteiger charge is 2.74. The predicted octanol–water partition coefficient (Wildman–Crippen LogP) is 5.00. The summed E-state index contributed by atoms with van der Waals surface area (Å²) in [6.07, 6.45) is -1.10. The number of anilines is 1. The van der Waals surface area contributed by atoms with E-state index in [9.17, 15) is 19.2 Å². The quantitative estimate of drug-likeness (QED) is 0.361. The minimum Gasteiger partial charge on any atom is -0.349 e. The largest absolute Gasteiger partial charge is 0.349 e. The average molecular weight is 506 g/mol. The number of ether oxygens (including phenoxy) is 1. The lowest BCUT2D eigenvalue weighted by molar-refractivity contribution is -0.127. The molecule has 35 heavy (non-hydrogen) atoms. The minimum absolute atomic E-state index is 0.174. The maximum atomic E-state index is 13.9. The van der Waals surface area contributed by atoms with Crippen LogP contribution in [0.2, 0.25) is 10.0 Å². The van der Waals surface area contributed by atoms with Gasteiger partial charge in [-0.15, -0.1) is 0 Å². The predicted molar refractivity (Wildman–Crippen MR) is 129 cm³/mol. The van der Waals surface area contributed by atoms with Gasteiger partial charge in [-0.3, -0.25) is 19.2 Å². The molecule has 3 aromatic carbocycles. The number of nitrogens with zero attached hydrogens (tertiary/aromatic N) is 1. The van der Waals surface area contributed by atoms with E-state index in [1.165, 1.54) is 18.2 Å². The molecule has 0 unspecified atom stereocenters. The number of rotatable bonds is 2. The van der Waals surface area contributed by atoms with Gasteiger partial charge in [-0.25, -0.2) is 4.90 Å². The molecule has 3 atom stereocenters. The molecule has 6 rings (SSSR count). The normalized spacial score (nSPS) is 24.4. The third-order valence-electron chi connectivity index (χ3n) is 7.08. The highest BCUT2D eigenvalue weighted by atomic mass is 35.5. The fourth-order valence-electron chi connectivity index (χ4n) is 5.48. The number of hydrogen-bond acceptors (Lipinski definition) is 5. The summed E-state index contributed by atoms with van der Waals surface area (Å²) in [7, 11) is 0. The first-order valence-corrected chi connectivity index (χ1v) is 11.8. The van der Waals surface area contributed by atoms with Crippen LogP contribution in [-0.4, -0.2) is 29.0 Å². The van der Waals surface area contributed by atoms with Gasteiger partial charge in [0.2, 0.25) is 29.0 Å². The molecule has 1 spiro atoms.